The smallest absolute Gasteiger partial charge is 0.186 e. The number of ether oxygens (including phenoxy) is 4. The fourth-order valence-electron chi connectivity index (χ4n) is 2.61. The van der Waals surface area contributed by atoms with Crippen LogP contribution < -0.4 is 0 Å². The van der Waals surface area contributed by atoms with Crippen molar-refractivity contribution in [3.8, 4) is 0 Å². The Morgan fingerprint density at radius 2 is 1.12 bits per heavy atom. The summed E-state index contributed by atoms with van der Waals surface area (Å²) in [6.07, 6.45) is -11.6. The predicted molar refractivity (Wildman–Crippen MR) is 90.3 cm³/mol. The maximum Gasteiger partial charge on any atom is 0.186 e. The van der Waals surface area contributed by atoms with E-state index in [9.17, 15) is 30.6 Å². The van der Waals surface area contributed by atoms with E-state index < -0.39 is 61.2 Å². The van der Waals surface area contributed by atoms with Gasteiger partial charge in [-0.3, -0.25) is 0 Å². The van der Waals surface area contributed by atoms with Gasteiger partial charge in [0.25, 0.3) is 0 Å². The van der Waals surface area contributed by atoms with Gasteiger partial charge in [-0.2, -0.15) is 0 Å². The summed E-state index contributed by atoms with van der Waals surface area (Å²) in [4.78, 5) is 0. The molecule has 0 amide bonds. The van der Waals surface area contributed by atoms with Crippen LogP contribution in [0.3, 0.4) is 0 Å². The average molecular weight is 386 g/mol. The first-order valence-corrected chi connectivity index (χ1v) is 8.06. The fraction of sp³-hybridized carbons (Fsp3) is 1.00. The van der Waals surface area contributed by atoms with Crippen LogP contribution >= 0.6 is 0 Å². The van der Waals surface area contributed by atoms with E-state index in [-0.39, 0.29) is 14.0 Å². The molecule has 0 aromatic carbocycles. The number of hydrogen-bond acceptors (Lipinski definition) is 10. The molecule has 2 saturated heterocycles. The quantitative estimate of drug-likeness (QED) is 0.309. The summed E-state index contributed by atoms with van der Waals surface area (Å²) in [5.41, 5.74) is 0. The van der Waals surface area contributed by atoms with E-state index in [1.807, 2.05) is 0 Å². The molecule has 2 heterocycles. The molecule has 6 N–H and O–H groups in total. The number of aliphatic hydroxyl groups excluding tert-OH is 6. The monoisotopic (exact) mass is 386 g/mol. The first-order valence-electron chi connectivity index (χ1n) is 8.06. The molecule has 0 saturated carbocycles. The lowest BCUT2D eigenvalue weighted by Crippen LogP contribution is -2.60. The van der Waals surface area contributed by atoms with E-state index >= 15 is 0 Å². The van der Waals surface area contributed by atoms with Gasteiger partial charge in [-0.25, -0.2) is 0 Å². The second-order valence-corrected chi connectivity index (χ2v) is 6.27. The molecule has 0 spiro atoms. The largest absolute Gasteiger partial charge is 0.388 e. The molecule has 2 aliphatic heterocycles. The maximum absolute atomic E-state index is 9.86. The third-order valence-corrected chi connectivity index (χ3v) is 4.18. The van der Waals surface area contributed by atoms with E-state index in [4.69, 9.17) is 14.2 Å². The second-order valence-electron chi connectivity index (χ2n) is 6.27. The molecule has 10 heteroatoms. The van der Waals surface area contributed by atoms with E-state index in [1.165, 1.54) is 6.92 Å². The Hall–Kier alpha value is -0.400. The van der Waals surface area contributed by atoms with Crippen molar-refractivity contribution in [2.75, 3.05) is 20.8 Å². The summed E-state index contributed by atoms with van der Waals surface area (Å²) >= 11 is 0. The van der Waals surface area contributed by atoms with Gasteiger partial charge in [0.05, 0.1) is 18.8 Å². The van der Waals surface area contributed by atoms with Gasteiger partial charge in [-0.15, -0.1) is 0 Å². The minimum Gasteiger partial charge on any atom is -0.388 e. The lowest BCUT2D eigenvalue weighted by Gasteiger charge is -2.42. The van der Waals surface area contributed by atoms with Gasteiger partial charge >= 0.3 is 0 Å². The van der Waals surface area contributed by atoms with E-state index in [0.717, 1.165) is 0 Å². The van der Waals surface area contributed by atoms with Gasteiger partial charge in [-0.1, -0.05) is 7.43 Å². The number of rotatable bonds is 3. The molecule has 0 radical (unpaired) electrons. The van der Waals surface area contributed by atoms with Gasteiger partial charge in [0.1, 0.15) is 42.7 Å². The Kier molecular flexibility index (Phi) is 11.3. The van der Waals surface area contributed by atoms with Crippen molar-refractivity contribution in [2.45, 2.75) is 82.5 Å². The van der Waals surface area contributed by atoms with Crippen LogP contribution in [0.25, 0.3) is 0 Å². The minimum atomic E-state index is -1.46. The molecule has 2 rings (SSSR count). The molecule has 158 valence electrons. The van der Waals surface area contributed by atoms with Crippen LogP contribution in [0.2, 0.25) is 0 Å². The molecule has 10 nitrogen and oxygen atoms in total. The standard InChI is InChI=1S/C13H24O9.C2H6O.CH4/c1-4-7(14)10(17)9(16)6(21-4)3-20-13-12(19)11(18)8(15)5(2)22-13;1-3-2;/h4-19H,3H2,1-2H3;1-2H3;1H4. The topological polar surface area (TPSA) is 158 Å². The Balaban J connectivity index is 0.00000146. The predicted octanol–water partition coefficient (Wildman–Crippen LogP) is -2.40. The van der Waals surface area contributed by atoms with Crippen LogP contribution in [0.4, 0.5) is 0 Å². The zero-order chi connectivity index (χ0) is 19.3. The second kappa shape index (κ2) is 11.4. The van der Waals surface area contributed by atoms with Crippen LogP contribution in [-0.2, 0) is 18.9 Å². The zero-order valence-electron chi connectivity index (χ0n) is 14.8. The van der Waals surface area contributed by atoms with Crippen LogP contribution in [0, 0.1) is 0 Å². The Bertz CT molecular complexity index is 350. The molecule has 0 aromatic heterocycles. The lowest BCUT2D eigenvalue weighted by atomic mass is 9.96. The Morgan fingerprint density at radius 3 is 1.62 bits per heavy atom. The normalized spacial score (nSPS) is 45.9. The van der Waals surface area contributed by atoms with Crippen molar-refractivity contribution in [3.63, 3.8) is 0 Å². The maximum atomic E-state index is 9.86. The van der Waals surface area contributed by atoms with Crippen LogP contribution in [-0.4, -0.2) is 113 Å². The zero-order valence-corrected chi connectivity index (χ0v) is 14.8. The van der Waals surface area contributed by atoms with Crippen molar-refractivity contribution in [2.24, 2.45) is 0 Å². The molecule has 10 unspecified atom stereocenters. The van der Waals surface area contributed by atoms with Crippen LogP contribution in [0.5, 0.6) is 0 Å². The molecule has 0 bridgehead atoms. The van der Waals surface area contributed by atoms with Crippen molar-refractivity contribution in [1.29, 1.82) is 0 Å². The Morgan fingerprint density at radius 1 is 0.692 bits per heavy atom. The van der Waals surface area contributed by atoms with Crippen LogP contribution in [0.15, 0.2) is 0 Å². The van der Waals surface area contributed by atoms with Gasteiger partial charge < -0.3 is 49.6 Å². The summed E-state index contributed by atoms with van der Waals surface area (Å²) in [7, 11) is 3.25. The highest BCUT2D eigenvalue weighted by Crippen LogP contribution is 2.25. The third-order valence-electron chi connectivity index (χ3n) is 4.18. The Labute approximate surface area is 153 Å². The lowest BCUT2D eigenvalue weighted by molar-refractivity contribution is -0.307. The molecule has 2 fully saturated rings. The molecule has 0 aliphatic carbocycles. The fourth-order valence-corrected chi connectivity index (χ4v) is 2.61. The molecule has 26 heavy (non-hydrogen) atoms. The number of methoxy groups -OCH3 is 1. The van der Waals surface area contributed by atoms with E-state index in [1.54, 1.807) is 21.1 Å². The third kappa shape index (κ3) is 6.06. The summed E-state index contributed by atoms with van der Waals surface area (Å²) in [6, 6.07) is 0. The van der Waals surface area contributed by atoms with E-state index in [0.29, 0.717) is 0 Å². The van der Waals surface area contributed by atoms with Crippen LogP contribution in [0.1, 0.15) is 21.3 Å². The summed E-state index contributed by atoms with van der Waals surface area (Å²) < 4.78 is 20.2. The van der Waals surface area contributed by atoms with Crippen molar-refractivity contribution < 1.29 is 49.6 Å². The van der Waals surface area contributed by atoms with Gasteiger partial charge in [-0.05, 0) is 13.8 Å². The minimum absolute atomic E-state index is 0. The summed E-state index contributed by atoms with van der Waals surface area (Å²) in [5.74, 6) is 0. The first-order chi connectivity index (χ1) is 11.6. The van der Waals surface area contributed by atoms with Gasteiger partial charge in [0.15, 0.2) is 6.29 Å². The SMILES string of the molecule is C.CC1OC(COC2OC(C)C(O)C(O)C2O)C(O)C(O)C1O.COC. The molecule has 0 aromatic rings. The van der Waals surface area contributed by atoms with Gasteiger partial charge in [0.2, 0.25) is 0 Å². The van der Waals surface area contributed by atoms with E-state index in [2.05, 4.69) is 4.74 Å². The molecule has 10 atom stereocenters. The highest BCUT2D eigenvalue weighted by Gasteiger charge is 2.45. The average Bonchev–Trinajstić information content (AvgIpc) is 2.58. The highest BCUT2D eigenvalue weighted by molar-refractivity contribution is 4.91. The number of hydrogen-bond donors (Lipinski definition) is 6. The van der Waals surface area contributed by atoms with Crippen molar-refractivity contribution >= 4 is 0 Å². The van der Waals surface area contributed by atoms with Gasteiger partial charge in [0, 0.05) is 14.2 Å². The molecular weight excluding hydrogens is 352 g/mol. The summed E-state index contributed by atoms with van der Waals surface area (Å²) in [6.45, 7) is 2.83. The molecule has 2 aliphatic rings. The summed E-state index contributed by atoms with van der Waals surface area (Å²) in [5, 5.41) is 58.2. The molecular formula is C16H34O10. The highest BCUT2D eigenvalue weighted by atomic mass is 16.7. The number of aliphatic hydroxyl groups is 6. The van der Waals surface area contributed by atoms with Crippen molar-refractivity contribution in [3.05, 3.63) is 0 Å². The first kappa shape index (κ1) is 25.6. The van der Waals surface area contributed by atoms with Crippen molar-refractivity contribution in [1.82, 2.24) is 0 Å².